The van der Waals surface area contributed by atoms with Gasteiger partial charge in [-0.05, 0) is 52.6 Å². The van der Waals surface area contributed by atoms with Gasteiger partial charge in [0.05, 0.1) is 14.2 Å². The van der Waals surface area contributed by atoms with Gasteiger partial charge >= 0.3 is 29.8 Å². The van der Waals surface area contributed by atoms with Crippen LogP contribution in [0.4, 0.5) is 0 Å². The van der Waals surface area contributed by atoms with Crippen LogP contribution in [0.2, 0.25) is 0 Å². The minimum Gasteiger partial charge on any atom is -0.480 e. The highest BCUT2D eigenvalue weighted by Gasteiger charge is 2.46. The third-order valence-electron chi connectivity index (χ3n) is 6.86. The maximum atomic E-state index is 12.4. The number of carbonyl (C=O) groups excluding carboxylic acids is 5. The Labute approximate surface area is 226 Å². The number of aliphatic carboxylic acids is 1. The van der Waals surface area contributed by atoms with Crippen molar-refractivity contribution in [1.82, 2.24) is 20.9 Å². The van der Waals surface area contributed by atoms with Crippen LogP contribution in [0.1, 0.15) is 38.5 Å². The smallest absolute Gasteiger partial charge is 0.328 e. The highest BCUT2D eigenvalue weighted by molar-refractivity contribution is 5.93. The number of nitrogens with one attached hydrogen (secondary N) is 3. The van der Waals surface area contributed by atoms with E-state index in [4.69, 9.17) is 19.3 Å². The van der Waals surface area contributed by atoms with Gasteiger partial charge in [0.15, 0.2) is 0 Å². The summed E-state index contributed by atoms with van der Waals surface area (Å²) < 4.78 is 19.4. The van der Waals surface area contributed by atoms with Crippen molar-refractivity contribution in [3.63, 3.8) is 0 Å². The van der Waals surface area contributed by atoms with E-state index in [0.29, 0.717) is 38.5 Å². The van der Waals surface area contributed by atoms with Gasteiger partial charge in [0.25, 0.3) is 0 Å². The van der Waals surface area contributed by atoms with Gasteiger partial charge in [-0.25, -0.2) is 9.59 Å². The predicted molar refractivity (Wildman–Crippen MR) is 132 cm³/mol. The second-order valence-electron chi connectivity index (χ2n) is 9.24. The summed E-state index contributed by atoms with van der Waals surface area (Å²) >= 11 is 0. The number of carboxylic acid groups (broad SMARTS) is 1. The lowest BCUT2D eigenvalue weighted by molar-refractivity contribution is -0.162. The van der Waals surface area contributed by atoms with Crippen molar-refractivity contribution >= 4 is 35.8 Å². The Morgan fingerprint density at radius 3 is 2.18 bits per heavy atom. The summed E-state index contributed by atoms with van der Waals surface area (Å²) in [6.07, 6.45) is 3.57. The van der Waals surface area contributed by atoms with Crippen LogP contribution < -0.4 is 16.0 Å². The molecule has 15 heteroatoms. The number of ether oxygens (including phenoxy) is 4. The fourth-order valence-electron chi connectivity index (χ4n) is 4.62. The van der Waals surface area contributed by atoms with Crippen LogP contribution in [-0.4, -0.2) is 124 Å². The quantitative estimate of drug-likeness (QED) is 0.187. The van der Waals surface area contributed by atoms with E-state index in [9.17, 15) is 28.8 Å². The molecule has 0 aromatic heterocycles. The standard InChI is InChI=1S/C12H20N2O6.C12H18N2O5/c1-13-9(10(15)16)6-20-12(18)8-5-3-4-7(14-8)11(17)19-2;1-13-7-6-19-12(17)9-5-3-4-8(11(16)18-2)14(9)10(7)15/h7-9,13-14H,3-6H2,1-2H3,(H,15,16);7-9,13H,3-6H2,1-2H3/t2*7?,8-,9+/m10/s1. The van der Waals surface area contributed by atoms with Crippen LogP contribution in [-0.2, 0) is 47.7 Å². The molecule has 0 aliphatic carbocycles. The Morgan fingerprint density at radius 2 is 1.62 bits per heavy atom. The van der Waals surface area contributed by atoms with Gasteiger partial charge in [-0.15, -0.1) is 0 Å². The number of carboxylic acids is 1. The largest absolute Gasteiger partial charge is 0.480 e. The average molecular weight is 559 g/mol. The Balaban J connectivity index is 0.000000274. The first-order valence-corrected chi connectivity index (χ1v) is 12.7. The normalized spacial score (nSPS) is 27.4. The van der Waals surface area contributed by atoms with Gasteiger partial charge in [0.1, 0.15) is 49.5 Å². The van der Waals surface area contributed by atoms with Crippen molar-refractivity contribution in [2.45, 2.75) is 74.8 Å². The third-order valence-corrected chi connectivity index (χ3v) is 6.86. The van der Waals surface area contributed by atoms with E-state index in [2.05, 4.69) is 20.7 Å². The minimum absolute atomic E-state index is 0.00490. The monoisotopic (exact) mass is 558 g/mol. The summed E-state index contributed by atoms with van der Waals surface area (Å²) in [5.74, 6) is -3.28. The molecule has 15 nitrogen and oxygen atoms in total. The van der Waals surface area contributed by atoms with Gasteiger partial charge in [0.2, 0.25) is 5.91 Å². The highest BCUT2D eigenvalue weighted by atomic mass is 16.5. The molecular formula is C24H38N4O11. The van der Waals surface area contributed by atoms with Crippen LogP contribution in [0, 0.1) is 0 Å². The van der Waals surface area contributed by atoms with Gasteiger partial charge < -0.3 is 39.6 Å². The lowest BCUT2D eigenvalue weighted by Crippen LogP contribution is -2.58. The van der Waals surface area contributed by atoms with Crippen molar-refractivity contribution in [1.29, 1.82) is 0 Å². The molecule has 3 heterocycles. The number of rotatable bonds is 8. The van der Waals surface area contributed by atoms with E-state index < -0.39 is 66.1 Å². The average Bonchev–Trinajstić information content (AvgIpc) is 3.08. The zero-order valence-corrected chi connectivity index (χ0v) is 22.6. The Kier molecular flexibility index (Phi) is 12.5. The summed E-state index contributed by atoms with van der Waals surface area (Å²) in [5.41, 5.74) is 0. The first-order valence-electron chi connectivity index (χ1n) is 12.7. The molecule has 39 heavy (non-hydrogen) atoms. The molecule has 4 N–H and O–H groups in total. The van der Waals surface area contributed by atoms with E-state index >= 15 is 0 Å². The molecule has 2 unspecified atom stereocenters. The van der Waals surface area contributed by atoms with Crippen molar-refractivity contribution in [2.75, 3.05) is 41.5 Å². The first kappa shape index (κ1) is 31.9. The number of amides is 1. The molecular weight excluding hydrogens is 520 g/mol. The van der Waals surface area contributed by atoms with E-state index in [0.717, 1.165) is 0 Å². The van der Waals surface area contributed by atoms with Gasteiger partial charge in [-0.3, -0.25) is 24.5 Å². The number of hydrogen-bond acceptors (Lipinski definition) is 13. The van der Waals surface area contributed by atoms with Crippen LogP contribution in [0.3, 0.4) is 0 Å². The number of hydrogen-bond donors (Lipinski definition) is 4. The molecule has 3 rings (SSSR count). The molecule has 0 radical (unpaired) electrons. The maximum Gasteiger partial charge on any atom is 0.328 e. The highest BCUT2D eigenvalue weighted by Crippen LogP contribution is 2.27. The Bertz CT molecular complexity index is 915. The first-order chi connectivity index (χ1) is 18.6. The Hall–Kier alpha value is -3.30. The molecule has 0 spiro atoms. The molecule has 0 saturated carbocycles. The molecule has 0 aromatic carbocycles. The second-order valence-corrected chi connectivity index (χ2v) is 9.24. The zero-order chi connectivity index (χ0) is 29.1. The summed E-state index contributed by atoms with van der Waals surface area (Å²) in [5, 5.41) is 17.0. The van der Waals surface area contributed by atoms with Crippen LogP contribution >= 0.6 is 0 Å². The molecule has 0 aromatic rings. The van der Waals surface area contributed by atoms with E-state index in [1.54, 1.807) is 7.05 Å². The van der Waals surface area contributed by atoms with Crippen molar-refractivity contribution in [3.8, 4) is 0 Å². The van der Waals surface area contributed by atoms with Crippen molar-refractivity contribution in [2.24, 2.45) is 0 Å². The number of nitrogens with zero attached hydrogens (tertiary/aromatic N) is 1. The lowest BCUT2D eigenvalue weighted by atomic mass is 9.95. The molecule has 3 aliphatic rings. The summed E-state index contributed by atoms with van der Waals surface area (Å²) in [7, 11) is 5.66. The topological polar surface area (TPSA) is 199 Å². The fraction of sp³-hybridized carbons (Fsp3) is 0.750. The Morgan fingerprint density at radius 1 is 1.00 bits per heavy atom. The SMILES string of the molecule is CNC1COC(=O)[C@H]2CCC[C@@H](C(=O)OC)N2C1=O.CN[C@@H](COC(=O)[C@H]1CCCC(C(=O)OC)N1)C(=O)O. The maximum absolute atomic E-state index is 12.4. The molecule has 0 bridgehead atoms. The fourth-order valence-corrected chi connectivity index (χ4v) is 4.62. The number of piperidine rings is 2. The molecule has 3 fully saturated rings. The molecule has 6 atom stereocenters. The number of likely N-dealkylation sites (N-methyl/N-ethyl adjacent to an activating group) is 2. The second kappa shape index (κ2) is 15.3. The minimum atomic E-state index is -1.09. The lowest BCUT2D eigenvalue weighted by Gasteiger charge is -2.38. The number of esters is 4. The van der Waals surface area contributed by atoms with Crippen molar-refractivity contribution < 1.29 is 52.8 Å². The number of fused-ring (bicyclic) bond motifs is 1. The zero-order valence-electron chi connectivity index (χ0n) is 22.6. The van der Waals surface area contributed by atoms with Crippen molar-refractivity contribution in [3.05, 3.63) is 0 Å². The molecule has 3 aliphatic heterocycles. The number of carbonyl (C=O) groups is 6. The van der Waals surface area contributed by atoms with E-state index in [-0.39, 0.29) is 19.1 Å². The summed E-state index contributed by atoms with van der Waals surface area (Å²) in [6.45, 7) is -0.263. The van der Waals surface area contributed by atoms with Gasteiger partial charge in [0, 0.05) is 0 Å². The number of cyclic esters (lactones) is 1. The van der Waals surface area contributed by atoms with E-state index in [1.807, 2.05) is 0 Å². The van der Waals surface area contributed by atoms with Crippen LogP contribution in [0.15, 0.2) is 0 Å². The van der Waals surface area contributed by atoms with Gasteiger partial charge in [-0.1, -0.05) is 0 Å². The third kappa shape index (κ3) is 8.34. The van der Waals surface area contributed by atoms with Gasteiger partial charge in [-0.2, -0.15) is 0 Å². The molecule has 3 saturated heterocycles. The van der Waals surface area contributed by atoms with E-state index in [1.165, 1.54) is 26.2 Å². The van der Waals surface area contributed by atoms with Crippen LogP contribution in [0.25, 0.3) is 0 Å². The summed E-state index contributed by atoms with van der Waals surface area (Å²) in [6, 6.07) is -4.07. The van der Waals surface area contributed by atoms with Crippen LogP contribution in [0.5, 0.6) is 0 Å². The number of methoxy groups -OCH3 is 2. The molecule has 220 valence electrons. The molecule has 1 amide bonds. The summed E-state index contributed by atoms with van der Waals surface area (Å²) in [4.78, 5) is 71.5. The predicted octanol–water partition coefficient (Wildman–Crippen LogP) is -2.06.